The number of nitrogens with one attached hydrogen (secondary N) is 3. The van der Waals surface area contributed by atoms with Gasteiger partial charge in [-0.05, 0) is 48.0 Å². The standard InChI is InChI=1S/C24H22ClF3N4O4S/c25-23-20-8-7-18(13-21(20)30-31-23)36-10-9-29-14-22(33)15-3-1-5-17(11-15)32-37(34,35)19-6-2-4-16(12-19)24(26,27)28/h1-8,11-13,22,29,32-33H,9-10,14H2,(H,30,31). The van der Waals surface area contributed by atoms with Crippen LogP contribution in [0.5, 0.6) is 5.75 Å². The van der Waals surface area contributed by atoms with Crippen LogP contribution in [0, 0.1) is 0 Å². The van der Waals surface area contributed by atoms with Crippen LogP contribution in [0.4, 0.5) is 18.9 Å². The summed E-state index contributed by atoms with van der Waals surface area (Å²) in [6.07, 6.45) is -5.64. The summed E-state index contributed by atoms with van der Waals surface area (Å²) in [6, 6.07) is 14.8. The molecule has 0 saturated carbocycles. The Bertz CT molecular complexity index is 1490. The van der Waals surface area contributed by atoms with Gasteiger partial charge in [-0.25, -0.2) is 8.42 Å². The molecule has 37 heavy (non-hydrogen) atoms. The second-order valence-corrected chi connectivity index (χ2v) is 10.1. The fraction of sp³-hybridized carbons (Fsp3) is 0.208. The number of benzene rings is 3. The molecule has 1 heterocycles. The molecular formula is C24H22ClF3N4O4S. The third kappa shape index (κ3) is 6.72. The normalized spacial score (nSPS) is 13.0. The smallest absolute Gasteiger partial charge is 0.416 e. The molecule has 4 rings (SSSR count). The highest BCUT2D eigenvalue weighted by molar-refractivity contribution is 7.92. The highest BCUT2D eigenvalue weighted by Crippen LogP contribution is 2.31. The zero-order valence-corrected chi connectivity index (χ0v) is 20.7. The number of halogens is 4. The van der Waals surface area contributed by atoms with E-state index in [1.165, 1.54) is 18.2 Å². The molecule has 1 unspecified atom stereocenters. The summed E-state index contributed by atoms with van der Waals surface area (Å²) in [5, 5.41) is 21.5. The van der Waals surface area contributed by atoms with E-state index in [9.17, 15) is 26.7 Å². The number of ether oxygens (including phenoxy) is 1. The Kier molecular flexibility index (Phi) is 7.93. The van der Waals surface area contributed by atoms with E-state index >= 15 is 0 Å². The van der Waals surface area contributed by atoms with Gasteiger partial charge < -0.3 is 15.2 Å². The highest BCUT2D eigenvalue weighted by Gasteiger charge is 2.31. The second kappa shape index (κ2) is 11.0. The Morgan fingerprint density at radius 1 is 1.08 bits per heavy atom. The molecule has 1 aromatic heterocycles. The number of fused-ring (bicyclic) bond motifs is 1. The van der Waals surface area contributed by atoms with Gasteiger partial charge in [-0.15, -0.1) is 0 Å². The fourth-order valence-corrected chi connectivity index (χ4v) is 4.81. The van der Waals surface area contributed by atoms with Crippen molar-refractivity contribution in [3.63, 3.8) is 0 Å². The molecule has 0 spiro atoms. The number of hydrogen-bond acceptors (Lipinski definition) is 6. The lowest BCUT2D eigenvalue weighted by molar-refractivity contribution is -0.137. The molecule has 1 atom stereocenters. The predicted octanol–water partition coefficient (Wildman–Crippen LogP) is 4.74. The predicted molar refractivity (Wildman–Crippen MR) is 133 cm³/mol. The van der Waals surface area contributed by atoms with E-state index in [0.717, 1.165) is 23.6 Å². The van der Waals surface area contributed by atoms with Crippen LogP contribution in [-0.2, 0) is 16.2 Å². The molecule has 0 saturated heterocycles. The fourth-order valence-electron chi connectivity index (χ4n) is 3.51. The molecule has 0 aliphatic carbocycles. The van der Waals surface area contributed by atoms with Crippen LogP contribution >= 0.6 is 11.6 Å². The molecule has 8 nitrogen and oxygen atoms in total. The molecule has 3 aromatic carbocycles. The minimum atomic E-state index is -4.67. The van der Waals surface area contributed by atoms with Crippen molar-refractivity contribution < 1.29 is 31.4 Å². The molecule has 4 N–H and O–H groups in total. The molecular weight excluding hydrogens is 533 g/mol. The number of aliphatic hydroxyl groups excluding tert-OH is 1. The van der Waals surface area contributed by atoms with Crippen LogP contribution in [0.3, 0.4) is 0 Å². The van der Waals surface area contributed by atoms with Gasteiger partial charge in [0, 0.05) is 30.2 Å². The van der Waals surface area contributed by atoms with Crippen LogP contribution in [0.15, 0.2) is 71.6 Å². The summed E-state index contributed by atoms with van der Waals surface area (Å²) >= 11 is 5.98. The molecule has 4 aromatic rings. The molecule has 0 aliphatic rings. The Balaban J connectivity index is 1.30. The maximum atomic E-state index is 13.0. The Morgan fingerprint density at radius 2 is 1.86 bits per heavy atom. The zero-order chi connectivity index (χ0) is 26.6. The number of H-pyrrole nitrogens is 1. The lowest BCUT2D eigenvalue weighted by atomic mass is 10.1. The first-order valence-corrected chi connectivity index (χ1v) is 12.8. The number of rotatable bonds is 10. The van der Waals surface area contributed by atoms with Crippen molar-refractivity contribution in [2.24, 2.45) is 0 Å². The quantitative estimate of drug-likeness (QED) is 0.210. The van der Waals surface area contributed by atoms with Crippen LogP contribution in [0.2, 0.25) is 5.15 Å². The van der Waals surface area contributed by atoms with E-state index in [1.807, 2.05) is 0 Å². The van der Waals surface area contributed by atoms with Gasteiger partial charge in [0.1, 0.15) is 17.5 Å². The summed E-state index contributed by atoms with van der Waals surface area (Å²) in [5.74, 6) is 0.610. The van der Waals surface area contributed by atoms with E-state index in [-0.39, 0.29) is 12.2 Å². The highest BCUT2D eigenvalue weighted by atomic mass is 35.5. The lowest BCUT2D eigenvalue weighted by Gasteiger charge is -2.15. The van der Waals surface area contributed by atoms with Gasteiger partial charge in [-0.2, -0.15) is 18.3 Å². The minimum absolute atomic E-state index is 0.103. The molecule has 0 bridgehead atoms. The van der Waals surface area contributed by atoms with E-state index in [2.05, 4.69) is 20.2 Å². The van der Waals surface area contributed by atoms with Crippen LogP contribution < -0.4 is 14.8 Å². The van der Waals surface area contributed by atoms with Gasteiger partial charge in [0.05, 0.1) is 22.1 Å². The van der Waals surface area contributed by atoms with E-state index in [1.54, 1.807) is 24.3 Å². The van der Waals surface area contributed by atoms with Crippen molar-refractivity contribution in [3.05, 3.63) is 83.0 Å². The van der Waals surface area contributed by atoms with Crippen molar-refractivity contribution >= 4 is 38.2 Å². The summed E-state index contributed by atoms with van der Waals surface area (Å²) < 4.78 is 72.0. The van der Waals surface area contributed by atoms with Gasteiger partial charge in [0.25, 0.3) is 10.0 Å². The molecule has 0 fully saturated rings. The van der Waals surface area contributed by atoms with Crippen molar-refractivity contribution in [2.45, 2.75) is 17.2 Å². The number of nitrogens with zero attached hydrogens (tertiary/aromatic N) is 1. The SMILES string of the molecule is O=S(=O)(Nc1cccc(C(O)CNCCOc2ccc3c(Cl)[nH]nc3c2)c1)c1cccc(C(F)(F)F)c1. The number of anilines is 1. The largest absolute Gasteiger partial charge is 0.492 e. The van der Waals surface area contributed by atoms with Gasteiger partial charge in [0.2, 0.25) is 0 Å². The maximum Gasteiger partial charge on any atom is 0.416 e. The van der Waals surface area contributed by atoms with E-state index in [0.29, 0.717) is 41.2 Å². The lowest BCUT2D eigenvalue weighted by Crippen LogP contribution is -2.26. The van der Waals surface area contributed by atoms with Crippen molar-refractivity contribution in [2.75, 3.05) is 24.4 Å². The summed E-state index contributed by atoms with van der Waals surface area (Å²) in [5.41, 5.74) is 0.125. The molecule has 196 valence electrons. The number of alkyl halides is 3. The number of aromatic nitrogens is 2. The molecule has 13 heteroatoms. The van der Waals surface area contributed by atoms with Crippen LogP contribution in [0.25, 0.3) is 10.9 Å². The zero-order valence-electron chi connectivity index (χ0n) is 19.1. The Hall–Kier alpha value is -3.32. The van der Waals surface area contributed by atoms with Crippen LogP contribution in [0.1, 0.15) is 17.2 Å². The van der Waals surface area contributed by atoms with Crippen LogP contribution in [-0.4, -0.2) is 43.4 Å². The number of sulfonamides is 1. The average Bonchev–Trinajstić information content (AvgIpc) is 3.23. The third-order valence-electron chi connectivity index (χ3n) is 5.36. The summed E-state index contributed by atoms with van der Waals surface area (Å²) in [4.78, 5) is -0.524. The number of aromatic amines is 1. The van der Waals surface area contributed by atoms with Gasteiger partial charge in [-0.1, -0.05) is 29.8 Å². The number of aliphatic hydroxyl groups is 1. The third-order valence-corrected chi connectivity index (χ3v) is 7.03. The first-order chi connectivity index (χ1) is 17.5. The summed E-state index contributed by atoms with van der Waals surface area (Å²) in [6.45, 7) is 0.882. The average molecular weight is 555 g/mol. The first kappa shape index (κ1) is 26.7. The summed E-state index contributed by atoms with van der Waals surface area (Å²) in [7, 11) is -4.28. The van der Waals surface area contributed by atoms with Crippen molar-refractivity contribution in [3.8, 4) is 5.75 Å². The molecule has 0 radical (unpaired) electrons. The first-order valence-electron chi connectivity index (χ1n) is 11.0. The second-order valence-electron chi connectivity index (χ2n) is 8.04. The monoisotopic (exact) mass is 554 g/mol. The topological polar surface area (TPSA) is 116 Å². The molecule has 0 amide bonds. The van der Waals surface area contributed by atoms with E-state index < -0.39 is 32.8 Å². The van der Waals surface area contributed by atoms with Crippen molar-refractivity contribution in [1.82, 2.24) is 15.5 Å². The Morgan fingerprint density at radius 3 is 2.65 bits per heavy atom. The van der Waals surface area contributed by atoms with Gasteiger partial charge in [0.15, 0.2) is 0 Å². The van der Waals surface area contributed by atoms with E-state index in [4.69, 9.17) is 16.3 Å². The van der Waals surface area contributed by atoms with Gasteiger partial charge in [-0.3, -0.25) is 9.82 Å². The maximum absolute atomic E-state index is 13.0. The number of hydrogen-bond donors (Lipinski definition) is 4. The molecule has 0 aliphatic heterocycles. The Labute approximate surface area is 215 Å². The minimum Gasteiger partial charge on any atom is -0.492 e. The van der Waals surface area contributed by atoms with Gasteiger partial charge >= 0.3 is 6.18 Å². The van der Waals surface area contributed by atoms with Crippen molar-refractivity contribution in [1.29, 1.82) is 0 Å².